The van der Waals surface area contributed by atoms with Gasteiger partial charge in [0.15, 0.2) is 5.69 Å². The van der Waals surface area contributed by atoms with Crippen LogP contribution in [0.15, 0.2) is 48.5 Å². The summed E-state index contributed by atoms with van der Waals surface area (Å²) in [6.45, 7) is 3.48. The summed E-state index contributed by atoms with van der Waals surface area (Å²) in [5.41, 5.74) is 0.103. The number of benzene rings is 2. The van der Waals surface area contributed by atoms with Crippen LogP contribution < -0.4 is 0 Å². The Hall–Kier alpha value is -2.63. The molecule has 0 saturated heterocycles. The first-order valence-electron chi connectivity index (χ1n) is 7.28. The number of aromatic nitrogens is 2. The zero-order chi connectivity index (χ0) is 17.5. The molecule has 1 heterocycles. The summed E-state index contributed by atoms with van der Waals surface area (Å²) in [7, 11) is 0. The first-order chi connectivity index (χ1) is 11.3. The van der Waals surface area contributed by atoms with Crippen molar-refractivity contribution in [2.45, 2.75) is 20.0 Å². The average molecular weight is 334 g/mol. The number of aryl methyl sites for hydroxylation is 2. The van der Waals surface area contributed by atoms with Gasteiger partial charge in [-0.05, 0) is 36.6 Å². The van der Waals surface area contributed by atoms with E-state index in [9.17, 15) is 17.6 Å². The second kappa shape index (κ2) is 5.78. The Balaban J connectivity index is 2.31. The Morgan fingerprint density at radius 1 is 0.958 bits per heavy atom. The molecule has 0 amide bonds. The van der Waals surface area contributed by atoms with Gasteiger partial charge in [-0.15, -0.1) is 0 Å². The summed E-state index contributed by atoms with van der Waals surface area (Å²) >= 11 is 0. The van der Waals surface area contributed by atoms with Gasteiger partial charge in [0.1, 0.15) is 0 Å². The molecule has 6 heteroatoms. The molecule has 0 unspecified atom stereocenters. The zero-order valence-corrected chi connectivity index (χ0v) is 13.0. The quantitative estimate of drug-likeness (QED) is 0.580. The van der Waals surface area contributed by atoms with Crippen molar-refractivity contribution in [3.05, 3.63) is 71.3 Å². The maximum absolute atomic E-state index is 14.9. The molecule has 0 atom stereocenters. The molecule has 3 rings (SSSR count). The topological polar surface area (TPSA) is 17.8 Å². The number of hydrogen-bond acceptors (Lipinski definition) is 1. The Morgan fingerprint density at radius 3 is 2.25 bits per heavy atom. The predicted octanol–water partition coefficient (Wildman–Crippen LogP) is 5.31. The van der Waals surface area contributed by atoms with Gasteiger partial charge in [0.25, 0.3) is 0 Å². The Bertz CT molecular complexity index is 880. The molecule has 24 heavy (non-hydrogen) atoms. The van der Waals surface area contributed by atoms with E-state index < -0.39 is 23.4 Å². The van der Waals surface area contributed by atoms with E-state index in [-0.39, 0.29) is 5.56 Å². The van der Waals surface area contributed by atoms with Crippen LogP contribution in [0.25, 0.3) is 16.8 Å². The third kappa shape index (κ3) is 2.79. The van der Waals surface area contributed by atoms with Gasteiger partial charge >= 0.3 is 6.18 Å². The van der Waals surface area contributed by atoms with Crippen molar-refractivity contribution in [3.8, 4) is 16.8 Å². The van der Waals surface area contributed by atoms with Gasteiger partial charge in [0, 0.05) is 0 Å². The SMILES string of the molecule is Cc1ccc(C)c(-n2nc(C(F)(F)F)c(-c3ccccc3)c2F)c1. The molecule has 0 spiro atoms. The second-order valence-electron chi connectivity index (χ2n) is 5.58. The maximum Gasteiger partial charge on any atom is 0.435 e. The first kappa shape index (κ1) is 16.2. The zero-order valence-electron chi connectivity index (χ0n) is 13.0. The van der Waals surface area contributed by atoms with Crippen LogP contribution in [0.5, 0.6) is 0 Å². The smallest absolute Gasteiger partial charge is 0.205 e. The van der Waals surface area contributed by atoms with Crippen LogP contribution in [0.4, 0.5) is 17.6 Å². The normalized spacial score (nSPS) is 11.8. The van der Waals surface area contributed by atoms with Gasteiger partial charge in [-0.2, -0.15) is 22.7 Å². The van der Waals surface area contributed by atoms with Crippen molar-refractivity contribution < 1.29 is 17.6 Å². The van der Waals surface area contributed by atoms with Crippen LogP contribution in [0, 0.1) is 19.8 Å². The molecular formula is C18H14F4N2. The van der Waals surface area contributed by atoms with Crippen molar-refractivity contribution in [1.82, 2.24) is 9.78 Å². The number of alkyl halides is 3. The summed E-state index contributed by atoms with van der Waals surface area (Å²) in [6.07, 6.45) is -4.75. The Kier molecular flexibility index (Phi) is 3.91. The molecule has 0 aliphatic rings. The molecule has 1 aromatic heterocycles. The van der Waals surface area contributed by atoms with Crippen LogP contribution in [0.1, 0.15) is 16.8 Å². The van der Waals surface area contributed by atoms with E-state index in [1.54, 1.807) is 44.2 Å². The van der Waals surface area contributed by atoms with Crippen LogP contribution in [-0.4, -0.2) is 9.78 Å². The Labute approximate surface area is 136 Å². The van der Waals surface area contributed by atoms with Gasteiger partial charge in [-0.1, -0.05) is 42.5 Å². The lowest BCUT2D eigenvalue weighted by Gasteiger charge is -2.08. The van der Waals surface area contributed by atoms with Crippen LogP contribution in [-0.2, 0) is 6.18 Å². The van der Waals surface area contributed by atoms with Crippen LogP contribution in [0.3, 0.4) is 0 Å². The van der Waals surface area contributed by atoms with Crippen molar-refractivity contribution in [2.75, 3.05) is 0 Å². The molecule has 2 aromatic carbocycles. The average Bonchev–Trinajstić information content (AvgIpc) is 2.88. The molecule has 0 bridgehead atoms. The molecule has 0 aliphatic heterocycles. The number of nitrogens with zero attached hydrogens (tertiary/aromatic N) is 2. The lowest BCUT2D eigenvalue weighted by molar-refractivity contribution is -0.140. The summed E-state index contributed by atoms with van der Waals surface area (Å²) in [6, 6.07) is 12.8. The lowest BCUT2D eigenvalue weighted by Crippen LogP contribution is -2.09. The van der Waals surface area contributed by atoms with Gasteiger partial charge < -0.3 is 0 Å². The monoisotopic (exact) mass is 334 g/mol. The largest absolute Gasteiger partial charge is 0.435 e. The molecule has 0 fully saturated rings. The van der Waals surface area contributed by atoms with Crippen molar-refractivity contribution in [3.63, 3.8) is 0 Å². The minimum atomic E-state index is -4.75. The number of hydrogen-bond donors (Lipinski definition) is 0. The van der Waals surface area contributed by atoms with E-state index in [0.29, 0.717) is 11.3 Å². The lowest BCUT2D eigenvalue weighted by atomic mass is 10.1. The van der Waals surface area contributed by atoms with E-state index in [1.807, 2.05) is 6.07 Å². The van der Waals surface area contributed by atoms with E-state index in [1.165, 1.54) is 12.1 Å². The van der Waals surface area contributed by atoms with Gasteiger partial charge in [-0.3, -0.25) is 0 Å². The van der Waals surface area contributed by atoms with Gasteiger partial charge in [-0.25, -0.2) is 4.68 Å². The van der Waals surface area contributed by atoms with E-state index in [0.717, 1.165) is 10.2 Å². The number of halogens is 4. The van der Waals surface area contributed by atoms with Crippen molar-refractivity contribution in [2.24, 2.45) is 0 Å². The Morgan fingerprint density at radius 2 is 1.62 bits per heavy atom. The molecule has 0 N–H and O–H groups in total. The standard InChI is InChI=1S/C18H14F4N2/c1-11-8-9-12(2)14(10-11)24-17(19)15(13-6-4-3-5-7-13)16(23-24)18(20,21)22/h3-10H,1-2H3. The third-order valence-corrected chi connectivity index (χ3v) is 3.75. The maximum atomic E-state index is 14.9. The highest BCUT2D eigenvalue weighted by Crippen LogP contribution is 2.38. The minimum Gasteiger partial charge on any atom is -0.205 e. The highest BCUT2D eigenvalue weighted by Gasteiger charge is 2.40. The fourth-order valence-electron chi connectivity index (χ4n) is 2.56. The summed E-state index contributed by atoms with van der Waals surface area (Å²) in [4.78, 5) is 0. The fraction of sp³-hybridized carbons (Fsp3) is 0.167. The second-order valence-corrected chi connectivity index (χ2v) is 5.58. The number of rotatable bonds is 2. The van der Waals surface area contributed by atoms with Crippen LogP contribution >= 0.6 is 0 Å². The van der Waals surface area contributed by atoms with E-state index in [4.69, 9.17) is 0 Å². The van der Waals surface area contributed by atoms with E-state index in [2.05, 4.69) is 5.10 Å². The predicted molar refractivity (Wildman–Crippen MR) is 83.4 cm³/mol. The molecule has 0 aliphatic carbocycles. The summed E-state index contributed by atoms with van der Waals surface area (Å²) in [5.74, 6) is -1.03. The van der Waals surface area contributed by atoms with Gasteiger partial charge in [0.2, 0.25) is 5.95 Å². The molecular weight excluding hydrogens is 320 g/mol. The van der Waals surface area contributed by atoms with Gasteiger partial charge in [0.05, 0.1) is 11.3 Å². The molecule has 2 nitrogen and oxygen atoms in total. The summed E-state index contributed by atoms with van der Waals surface area (Å²) in [5, 5.41) is 3.55. The molecule has 3 aromatic rings. The fourth-order valence-corrected chi connectivity index (χ4v) is 2.56. The highest BCUT2D eigenvalue weighted by atomic mass is 19.4. The van der Waals surface area contributed by atoms with E-state index >= 15 is 0 Å². The van der Waals surface area contributed by atoms with Crippen molar-refractivity contribution >= 4 is 0 Å². The molecule has 0 saturated carbocycles. The van der Waals surface area contributed by atoms with Crippen molar-refractivity contribution in [1.29, 1.82) is 0 Å². The van der Waals surface area contributed by atoms with Crippen LogP contribution in [0.2, 0.25) is 0 Å². The summed E-state index contributed by atoms with van der Waals surface area (Å²) < 4.78 is 55.8. The minimum absolute atomic E-state index is 0.138. The highest BCUT2D eigenvalue weighted by molar-refractivity contribution is 5.67. The molecule has 0 radical (unpaired) electrons. The molecule has 124 valence electrons. The first-order valence-corrected chi connectivity index (χ1v) is 7.28. The third-order valence-electron chi connectivity index (χ3n) is 3.75.